The Morgan fingerprint density at radius 1 is 1.33 bits per heavy atom. The molecule has 1 heterocycles. The average molecular weight is 294 g/mol. The van der Waals surface area contributed by atoms with Gasteiger partial charge < -0.3 is 20.5 Å². The minimum Gasteiger partial charge on any atom is -0.388 e. The van der Waals surface area contributed by atoms with E-state index in [1.807, 2.05) is 13.0 Å². The molecule has 1 aliphatic rings. The van der Waals surface area contributed by atoms with Crippen molar-refractivity contribution in [2.45, 2.75) is 44.6 Å². The van der Waals surface area contributed by atoms with Gasteiger partial charge in [0.25, 0.3) is 0 Å². The molecule has 6 nitrogen and oxygen atoms in total. The van der Waals surface area contributed by atoms with Gasteiger partial charge in [0.1, 0.15) is 17.5 Å². The summed E-state index contributed by atoms with van der Waals surface area (Å²) >= 11 is 0. The Balaban J connectivity index is 2.01. The van der Waals surface area contributed by atoms with Gasteiger partial charge in [0, 0.05) is 45.2 Å². The maximum Gasteiger partial charge on any atom is 0.136 e. The molecule has 1 aromatic rings. The van der Waals surface area contributed by atoms with Gasteiger partial charge in [-0.3, -0.25) is 0 Å². The molecule has 118 valence electrons. The van der Waals surface area contributed by atoms with Crippen molar-refractivity contribution in [1.29, 1.82) is 0 Å². The van der Waals surface area contributed by atoms with Crippen LogP contribution >= 0.6 is 0 Å². The topological polar surface area (TPSA) is 79.3 Å². The van der Waals surface area contributed by atoms with Gasteiger partial charge in [-0.05, 0) is 26.7 Å². The molecule has 0 spiro atoms. The molecule has 0 aliphatic heterocycles. The van der Waals surface area contributed by atoms with Crippen LogP contribution in [0.2, 0.25) is 0 Å². The van der Waals surface area contributed by atoms with Crippen LogP contribution in [0.1, 0.15) is 44.9 Å². The van der Waals surface area contributed by atoms with Crippen LogP contribution in [0.4, 0.5) is 11.6 Å². The van der Waals surface area contributed by atoms with Crippen LogP contribution in [-0.4, -0.2) is 47.5 Å². The number of anilines is 2. The van der Waals surface area contributed by atoms with Gasteiger partial charge in [0.05, 0.1) is 5.60 Å². The van der Waals surface area contributed by atoms with Crippen molar-refractivity contribution in [3.05, 3.63) is 11.9 Å². The van der Waals surface area contributed by atoms with Crippen molar-refractivity contribution in [3.63, 3.8) is 0 Å². The molecule has 0 saturated heterocycles. The molecule has 1 atom stereocenters. The van der Waals surface area contributed by atoms with Crippen LogP contribution in [0.15, 0.2) is 6.07 Å². The predicted molar refractivity (Wildman–Crippen MR) is 83.8 cm³/mol. The smallest absolute Gasteiger partial charge is 0.136 e. The van der Waals surface area contributed by atoms with Gasteiger partial charge >= 0.3 is 0 Å². The minimum absolute atomic E-state index is 0.434. The third kappa shape index (κ3) is 5.13. The summed E-state index contributed by atoms with van der Waals surface area (Å²) in [6.07, 6.45) is 2.91. The summed E-state index contributed by atoms with van der Waals surface area (Å²) in [5.74, 6) is 3.00. The minimum atomic E-state index is -0.820. The zero-order valence-electron chi connectivity index (χ0n) is 13.1. The van der Waals surface area contributed by atoms with Crippen LogP contribution in [0, 0.1) is 0 Å². The van der Waals surface area contributed by atoms with E-state index >= 15 is 0 Å². The van der Waals surface area contributed by atoms with Crippen LogP contribution < -0.4 is 10.6 Å². The van der Waals surface area contributed by atoms with Crippen molar-refractivity contribution < 1.29 is 9.84 Å². The van der Waals surface area contributed by atoms with E-state index in [0.717, 1.165) is 24.0 Å². The van der Waals surface area contributed by atoms with Gasteiger partial charge in [-0.15, -0.1) is 0 Å². The monoisotopic (exact) mass is 294 g/mol. The van der Waals surface area contributed by atoms with E-state index < -0.39 is 5.60 Å². The molecule has 3 N–H and O–H groups in total. The third-order valence-electron chi connectivity index (χ3n) is 3.54. The fourth-order valence-corrected chi connectivity index (χ4v) is 2.04. The molecule has 1 saturated carbocycles. The first-order chi connectivity index (χ1) is 10.0. The van der Waals surface area contributed by atoms with Gasteiger partial charge in [-0.25, -0.2) is 9.97 Å². The van der Waals surface area contributed by atoms with Crippen LogP contribution in [-0.2, 0) is 4.74 Å². The fraction of sp³-hybridized carbons (Fsp3) is 0.733. The van der Waals surface area contributed by atoms with Crippen molar-refractivity contribution in [2.24, 2.45) is 0 Å². The summed E-state index contributed by atoms with van der Waals surface area (Å²) in [6, 6.07) is 1.89. The fourth-order valence-electron chi connectivity index (χ4n) is 2.04. The second-order valence-corrected chi connectivity index (χ2v) is 5.89. The van der Waals surface area contributed by atoms with Crippen molar-refractivity contribution >= 4 is 11.6 Å². The summed E-state index contributed by atoms with van der Waals surface area (Å²) < 4.78 is 5.02. The molecule has 0 amide bonds. The number of hydrogen-bond acceptors (Lipinski definition) is 6. The summed E-state index contributed by atoms with van der Waals surface area (Å²) in [4.78, 5) is 9.09. The van der Waals surface area contributed by atoms with Crippen molar-refractivity contribution in [1.82, 2.24) is 9.97 Å². The maximum atomic E-state index is 10.3. The first-order valence-corrected chi connectivity index (χ1v) is 7.62. The number of aromatic nitrogens is 2. The lowest BCUT2D eigenvalue weighted by molar-refractivity contribution is 0.0357. The highest BCUT2D eigenvalue weighted by atomic mass is 16.5. The standard InChI is InChI=1S/C15H26N4O2/c1-4-16-12-9-13(19-14(18-12)11-5-6-11)17-10-15(2,20)7-8-21-3/h9,11,20H,4-8,10H2,1-3H3,(H2,16,17,18,19). The highest BCUT2D eigenvalue weighted by Crippen LogP contribution is 2.38. The van der Waals surface area contributed by atoms with E-state index in [4.69, 9.17) is 4.74 Å². The molecule has 21 heavy (non-hydrogen) atoms. The van der Waals surface area contributed by atoms with E-state index in [1.54, 1.807) is 14.0 Å². The summed E-state index contributed by atoms with van der Waals surface area (Å²) in [5.41, 5.74) is -0.820. The van der Waals surface area contributed by atoms with Crippen molar-refractivity contribution in [2.75, 3.05) is 37.4 Å². The number of ether oxygens (including phenoxy) is 1. The van der Waals surface area contributed by atoms with E-state index in [0.29, 0.717) is 25.5 Å². The Hall–Kier alpha value is -1.40. The molecule has 0 bridgehead atoms. The van der Waals surface area contributed by atoms with Gasteiger partial charge in [0.15, 0.2) is 0 Å². The molecule has 2 rings (SSSR count). The first kappa shape index (κ1) is 16.0. The lowest BCUT2D eigenvalue weighted by Crippen LogP contribution is -2.35. The SMILES string of the molecule is CCNc1cc(NCC(C)(O)CCOC)nc(C2CC2)n1. The Labute approximate surface area is 126 Å². The Morgan fingerprint density at radius 2 is 2.00 bits per heavy atom. The predicted octanol–water partition coefficient (Wildman–Crippen LogP) is 1.99. The molecular formula is C15H26N4O2. The quantitative estimate of drug-likeness (QED) is 0.646. The molecule has 0 radical (unpaired) electrons. The molecule has 1 fully saturated rings. The normalized spacial score (nSPS) is 17.3. The molecule has 6 heteroatoms. The summed E-state index contributed by atoms with van der Waals surface area (Å²) in [5, 5.41) is 16.7. The Morgan fingerprint density at radius 3 is 2.57 bits per heavy atom. The van der Waals surface area contributed by atoms with E-state index in [1.165, 1.54) is 12.8 Å². The van der Waals surface area contributed by atoms with Crippen LogP contribution in [0.25, 0.3) is 0 Å². The zero-order valence-corrected chi connectivity index (χ0v) is 13.1. The number of nitrogens with one attached hydrogen (secondary N) is 2. The average Bonchev–Trinajstić information content (AvgIpc) is 3.28. The molecule has 1 unspecified atom stereocenters. The summed E-state index contributed by atoms with van der Waals surface area (Å²) in [6.45, 7) is 5.64. The Bertz CT molecular complexity index is 461. The van der Waals surface area contributed by atoms with Gasteiger partial charge in [-0.2, -0.15) is 0 Å². The Kier molecular flexibility index (Phi) is 5.36. The van der Waals surface area contributed by atoms with E-state index in [-0.39, 0.29) is 0 Å². The second kappa shape index (κ2) is 7.04. The van der Waals surface area contributed by atoms with Crippen LogP contribution in [0.3, 0.4) is 0 Å². The number of methoxy groups -OCH3 is 1. The maximum absolute atomic E-state index is 10.3. The molecule has 0 aromatic carbocycles. The van der Waals surface area contributed by atoms with E-state index in [9.17, 15) is 5.11 Å². The number of rotatable bonds is 9. The number of nitrogens with zero attached hydrogens (tertiary/aromatic N) is 2. The summed E-state index contributed by atoms with van der Waals surface area (Å²) in [7, 11) is 1.64. The van der Waals surface area contributed by atoms with Gasteiger partial charge in [-0.1, -0.05) is 0 Å². The number of hydrogen-bond donors (Lipinski definition) is 3. The van der Waals surface area contributed by atoms with E-state index in [2.05, 4.69) is 20.6 Å². The lowest BCUT2D eigenvalue weighted by atomic mass is 10.0. The van der Waals surface area contributed by atoms with Gasteiger partial charge in [0.2, 0.25) is 0 Å². The van der Waals surface area contributed by atoms with Crippen molar-refractivity contribution in [3.8, 4) is 0 Å². The molecule has 1 aliphatic carbocycles. The molecular weight excluding hydrogens is 268 g/mol. The highest BCUT2D eigenvalue weighted by molar-refractivity contribution is 5.48. The molecule has 1 aromatic heterocycles. The highest BCUT2D eigenvalue weighted by Gasteiger charge is 2.27. The lowest BCUT2D eigenvalue weighted by Gasteiger charge is -2.23. The van der Waals surface area contributed by atoms with Crippen LogP contribution in [0.5, 0.6) is 0 Å². The number of aliphatic hydroxyl groups is 1. The second-order valence-electron chi connectivity index (χ2n) is 5.89. The largest absolute Gasteiger partial charge is 0.388 e. The first-order valence-electron chi connectivity index (χ1n) is 7.62. The third-order valence-corrected chi connectivity index (χ3v) is 3.54. The zero-order chi connectivity index (χ0) is 15.3.